The van der Waals surface area contributed by atoms with E-state index >= 15 is 0 Å². The lowest BCUT2D eigenvalue weighted by molar-refractivity contribution is 0.102. The average molecular weight is 332 g/mol. The molecule has 0 bridgehead atoms. The third kappa shape index (κ3) is 5.00. The highest BCUT2D eigenvalue weighted by molar-refractivity contribution is 6.31. The summed E-state index contributed by atoms with van der Waals surface area (Å²) in [5, 5.41) is 8.71. The van der Waals surface area contributed by atoms with Crippen molar-refractivity contribution in [2.45, 2.75) is 19.9 Å². The predicted molar refractivity (Wildman–Crippen MR) is 93.1 cm³/mol. The normalized spacial score (nSPS) is 10.3. The lowest BCUT2D eigenvalue weighted by Crippen LogP contribution is -2.34. The van der Waals surface area contributed by atoms with Crippen LogP contribution in [0.1, 0.15) is 24.2 Å². The van der Waals surface area contributed by atoms with Crippen LogP contribution in [-0.2, 0) is 0 Å². The second-order valence-corrected chi connectivity index (χ2v) is 5.70. The van der Waals surface area contributed by atoms with Gasteiger partial charge in [-0.25, -0.2) is 4.79 Å². The number of nitrogens with one attached hydrogen (secondary N) is 3. The molecule has 6 heteroatoms. The molecular formula is C17H18ClN3O2. The Balaban J connectivity index is 2.14. The van der Waals surface area contributed by atoms with Crippen LogP contribution >= 0.6 is 11.6 Å². The van der Waals surface area contributed by atoms with Gasteiger partial charge in [-0.15, -0.1) is 0 Å². The molecule has 0 aliphatic carbocycles. The summed E-state index contributed by atoms with van der Waals surface area (Å²) in [5.74, 6) is -0.300. The third-order valence-electron chi connectivity index (χ3n) is 2.93. The quantitative estimate of drug-likeness (QED) is 0.788. The molecule has 0 atom stereocenters. The van der Waals surface area contributed by atoms with Gasteiger partial charge in [0, 0.05) is 16.6 Å². The Hall–Kier alpha value is -2.53. The van der Waals surface area contributed by atoms with Gasteiger partial charge >= 0.3 is 6.03 Å². The molecule has 0 spiro atoms. The number of para-hydroxylation sites is 2. The number of amides is 3. The van der Waals surface area contributed by atoms with Crippen LogP contribution in [0.25, 0.3) is 0 Å². The van der Waals surface area contributed by atoms with Gasteiger partial charge in [0.15, 0.2) is 0 Å². The Morgan fingerprint density at radius 3 is 2.22 bits per heavy atom. The minimum absolute atomic E-state index is 0.0169. The van der Waals surface area contributed by atoms with Crippen LogP contribution < -0.4 is 16.0 Å². The SMILES string of the molecule is CC(C)NC(=O)Nc1ccccc1NC(=O)c1cccc(Cl)c1. The molecule has 2 aromatic carbocycles. The van der Waals surface area contributed by atoms with E-state index in [1.165, 1.54) is 0 Å². The van der Waals surface area contributed by atoms with Crippen molar-refractivity contribution in [3.05, 3.63) is 59.1 Å². The van der Waals surface area contributed by atoms with Crippen molar-refractivity contribution in [2.75, 3.05) is 10.6 Å². The summed E-state index contributed by atoms with van der Waals surface area (Å²) in [7, 11) is 0. The van der Waals surface area contributed by atoms with Crippen LogP contribution in [0.3, 0.4) is 0 Å². The first-order valence-corrected chi connectivity index (χ1v) is 7.57. The fourth-order valence-electron chi connectivity index (χ4n) is 1.95. The molecule has 0 unspecified atom stereocenters. The highest BCUT2D eigenvalue weighted by Crippen LogP contribution is 2.22. The van der Waals surface area contributed by atoms with Crippen molar-refractivity contribution in [1.29, 1.82) is 0 Å². The van der Waals surface area contributed by atoms with E-state index in [0.29, 0.717) is 22.0 Å². The smallest absolute Gasteiger partial charge is 0.319 e. The van der Waals surface area contributed by atoms with E-state index in [1.807, 2.05) is 13.8 Å². The predicted octanol–water partition coefficient (Wildman–Crippen LogP) is 4.12. The molecule has 3 amide bonds. The second-order valence-electron chi connectivity index (χ2n) is 5.26. The molecule has 0 aliphatic heterocycles. The molecular weight excluding hydrogens is 314 g/mol. The molecule has 120 valence electrons. The Labute approximate surface area is 140 Å². The van der Waals surface area contributed by atoms with Gasteiger partial charge < -0.3 is 16.0 Å². The Kier molecular flexibility index (Phi) is 5.60. The summed E-state index contributed by atoms with van der Waals surface area (Å²) in [6.45, 7) is 3.73. The van der Waals surface area contributed by atoms with E-state index in [-0.39, 0.29) is 18.0 Å². The summed E-state index contributed by atoms with van der Waals surface area (Å²) >= 11 is 5.90. The maximum atomic E-state index is 12.3. The van der Waals surface area contributed by atoms with E-state index in [2.05, 4.69) is 16.0 Å². The molecule has 0 heterocycles. The van der Waals surface area contributed by atoms with E-state index in [9.17, 15) is 9.59 Å². The highest BCUT2D eigenvalue weighted by atomic mass is 35.5. The van der Waals surface area contributed by atoms with Gasteiger partial charge in [0.1, 0.15) is 0 Å². The molecule has 0 saturated carbocycles. The molecule has 2 aromatic rings. The van der Waals surface area contributed by atoms with Gasteiger partial charge in [-0.2, -0.15) is 0 Å². The van der Waals surface area contributed by atoms with Crippen LogP contribution in [0.2, 0.25) is 5.02 Å². The van der Waals surface area contributed by atoms with Gasteiger partial charge in [-0.05, 0) is 44.2 Å². The fourth-order valence-corrected chi connectivity index (χ4v) is 2.14. The minimum Gasteiger partial charge on any atom is -0.336 e. The van der Waals surface area contributed by atoms with Crippen LogP contribution in [0.5, 0.6) is 0 Å². The number of anilines is 2. The molecule has 0 fully saturated rings. The zero-order valence-corrected chi connectivity index (χ0v) is 13.6. The fraction of sp³-hybridized carbons (Fsp3) is 0.176. The highest BCUT2D eigenvalue weighted by Gasteiger charge is 2.11. The maximum absolute atomic E-state index is 12.3. The van der Waals surface area contributed by atoms with Gasteiger partial charge in [-0.3, -0.25) is 4.79 Å². The number of halogens is 1. The van der Waals surface area contributed by atoms with E-state index < -0.39 is 0 Å². The zero-order valence-electron chi connectivity index (χ0n) is 12.9. The first-order chi connectivity index (χ1) is 11.0. The van der Waals surface area contributed by atoms with Gasteiger partial charge in [0.05, 0.1) is 11.4 Å². The number of benzene rings is 2. The van der Waals surface area contributed by atoms with Crippen LogP contribution in [-0.4, -0.2) is 18.0 Å². The topological polar surface area (TPSA) is 70.2 Å². The van der Waals surface area contributed by atoms with Gasteiger partial charge in [0.2, 0.25) is 0 Å². The van der Waals surface area contributed by atoms with Crippen molar-refractivity contribution < 1.29 is 9.59 Å². The summed E-state index contributed by atoms with van der Waals surface area (Å²) in [4.78, 5) is 24.1. The van der Waals surface area contributed by atoms with Crippen molar-refractivity contribution in [3.8, 4) is 0 Å². The van der Waals surface area contributed by atoms with Crippen LogP contribution in [0.15, 0.2) is 48.5 Å². The van der Waals surface area contributed by atoms with Crippen molar-refractivity contribution in [3.63, 3.8) is 0 Å². The van der Waals surface area contributed by atoms with E-state index in [1.54, 1.807) is 48.5 Å². The summed E-state index contributed by atoms with van der Waals surface area (Å²) in [6.07, 6.45) is 0. The Morgan fingerprint density at radius 1 is 0.957 bits per heavy atom. The standard InChI is InChI=1S/C17H18ClN3O2/c1-11(2)19-17(23)21-15-9-4-3-8-14(15)20-16(22)12-6-5-7-13(18)10-12/h3-11H,1-2H3,(H,20,22)(H2,19,21,23). The second kappa shape index (κ2) is 7.65. The van der Waals surface area contributed by atoms with Crippen LogP contribution in [0, 0.1) is 0 Å². The molecule has 3 N–H and O–H groups in total. The molecule has 23 heavy (non-hydrogen) atoms. The Morgan fingerprint density at radius 2 is 1.61 bits per heavy atom. The van der Waals surface area contributed by atoms with Crippen molar-refractivity contribution in [2.24, 2.45) is 0 Å². The molecule has 2 rings (SSSR count). The van der Waals surface area contributed by atoms with Crippen LogP contribution in [0.4, 0.5) is 16.2 Å². The van der Waals surface area contributed by atoms with Gasteiger partial charge in [-0.1, -0.05) is 29.8 Å². The lowest BCUT2D eigenvalue weighted by atomic mass is 10.2. The molecule has 0 radical (unpaired) electrons. The number of carbonyl (C=O) groups is 2. The monoisotopic (exact) mass is 331 g/mol. The maximum Gasteiger partial charge on any atom is 0.319 e. The number of hydrogen-bond acceptors (Lipinski definition) is 2. The Bertz CT molecular complexity index is 716. The average Bonchev–Trinajstić information content (AvgIpc) is 2.48. The first kappa shape index (κ1) is 16.8. The minimum atomic E-state index is -0.329. The lowest BCUT2D eigenvalue weighted by Gasteiger charge is -2.14. The zero-order chi connectivity index (χ0) is 16.8. The van der Waals surface area contributed by atoms with Crippen molar-refractivity contribution in [1.82, 2.24) is 5.32 Å². The molecule has 5 nitrogen and oxygen atoms in total. The summed E-state index contributed by atoms with van der Waals surface area (Å²) in [6, 6.07) is 13.3. The summed E-state index contributed by atoms with van der Waals surface area (Å²) < 4.78 is 0. The van der Waals surface area contributed by atoms with Crippen molar-refractivity contribution >= 4 is 34.9 Å². The number of urea groups is 1. The third-order valence-corrected chi connectivity index (χ3v) is 3.17. The molecule has 0 aliphatic rings. The largest absolute Gasteiger partial charge is 0.336 e. The van der Waals surface area contributed by atoms with E-state index in [4.69, 9.17) is 11.6 Å². The first-order valence-electron chi connectivity index (χ1n) is 7.19. The number of hydrogen-bond donors (Lipinski definition) is 3. The molecule has 0 saturated heterocycles. The van der Waals surface area contributed by atoms with Gasteiger partial charge in [0.25, 0.3) is 5.91 Å². The molecule has 0 aromatic heterocycles. The van der Waals surface area contributed by atoms with E-state index in [0.717, 1.165) is 0 Å². The number of carbonyl (C=O) groups excluding carboxylic acids is 2. The number of rotatable bonds is 4. The summed E-state index contributed by atoms with van der Waals surface area (Å²) in [5.41, 5.74) is 1.47.